The molecule has 0 aliphatic carbocycles. The van der Waals surface area contributed by atoms with Gasteiger partial charge in [0.2, 0.25) is 0 Å². The second kappa shape index (κ2) is 6.87. The Hall–Kier alpha value is -3.43. The molecule has 2 aromatic heterocycles. The van der Waals surface area contributed by atoms with Gasteiger partial charge >= 0.3 is 0 Å². The Balaban J connectivity index is 1.75. The average Bonchev–Trinajstić information content (AvgIpc) is 3.07. The summed E-state index contributed by atoms with van der Waals surface area (Å²) < 4.78 is 2.30. The van der Waals surface area contributed by atoms with Gasteiger partial charge in [-0.25, -0.2) is 0 Å². The van der Waals surface area contributed by atoms with Crippen molar-refractivity contribution in [3.8, 4) is 23.1 Å². The number of nitrogens with zero attached hydrogens (tertiary/aromatic N) is 4. The van der Waals surface area contributed by atoms with E-state index in [1.807, 2.05) is 19.1 Å². The number of aromatic hydroxyl groups is 1. The Morgan fingerprint density at radius 2 is 2.03 bits per heavy atom. The monoisotopic (exact) mass is 383 g/mol. The van der Waals surface area contributed by atoms with E-state index < -0.39 is 0 Å². The zero-order valence-corrected chi connectivity index (χ0v) is 16.2. The molecule has 6 heteroatoms. The minimum atomic E-state index is 0.0513. The van der Waals surface area contributed by atoms with Crippen molar-refractivity contribution in [1.29, 1.82) is 5.26 Å². The van der Waals surface area contributed by atoms with Gasteiger partial charge in [-0.1, -0.05) is 18.2 Å². The van der Waals surface area contributed by atoms with E-state index in [0.717, 1.165) is 53.4 Å². The van der Waals surface area contributed by atoms with Crippen LogP contribution in [0.5, 0.6) is 5.75 Å². The van der Waals surface area contributed by atoms with Crippen LogP contribution in [-0.2, 0) is 0 Å². The molecule has 0 spiro atoms. The number of phenolic OH excluding ortho intramolecular Hbond substituents is 1. The minimum Gasteiger partial charge on any atom is -0.507 e. The molecule has 0 radical (unpaired) electrons. The van der Waals surface area contributed by atoms with E-state index in [1.54, 1.807) is 6.07 Å². The summed E-state index contributed by atoms with van der Waals surface area (Å²) in [6.45, 7) is 3.85. The lowest BCUT2D eigenvalue weighted by Gasteiger charge is -2.25. The Labute approximate surface area is 168 Å². The summed E-state index contributed by atoms with van der Waals surface area (Å²) >= 11 is 0. The highest BCUT2D eigenvalue weighted by Crippen LogP contribution is 2.37. The molecular weight excluding hydrogens is 362 g/mol. The van der Waals surface area contributed by atoms with Crippen LogP contribution in [0, 0.1) is 18.3 Å². The third-order valence-electron chi connectivity index (χ3n) is 5.79. The van der Waals surface area contributed by atoms with Crippen molar-refractivity contribution in [2.75, 3.05) is 13.1 Å². The molecular formula is C23H21N5O. The fourth-order valence-electron chi connectivity index (χ4n) is 4.50. The molecule has 1 atom stereocenters. The Kier molecular flexibility index (Phi) is 4.18. The van der Waals surface area contributed by atoms with Crippen LogP contribution < -0.4 is 5.32 Å². The second-order valence-electron chi connectivity index (χ2n) is 7.65. The number of nitrogens with one attached hydrogen (secondary N) is 1. The van der Waals surface area contributed by atoms with Gasteiger partial charge in [-0.3, -0.25) is 0 Å². The number of aromatic nitrogens is 3. The summed E-state index contributed by atoms with van der Waals surface area (Å²) in [7, 11) is 0. The number of rotatable bonds is 2. The molecule has 144 valence electrons. The molecule has 0 saturated carbocycles. The van der Waals surface area contributed by atoms with Crippen LogP contribution in [0.2, 0.25) is 0 Å². The van der Waals surface area contributed by atoms with Crippen LogP contribution in [0.4, 0.5) is 0 Å². The summed E-state index contributed by atoms with van der Waals surface area (Å²) in [5.41, 5.74) is 4.49. The van der Waals surface area contributed by atoms with Crippen LogP contribution in [0.1, 0.15) is 30.0 Å². The third kappa shape index (κ3) is 2.82. The van der Waals surface area contributed by atoms with E-state index in [-0.39, 0.29) is 5.75 Å². The number of hydrogen-bond acceptors (Lipinski definition) is 5. The van der Waals surface area contributed by atoms with Gasteiger partial charge in [-0.2, -0.15) is 5.26 Å². The average molecular weight is 383 g/mol. The van der Waals surface area contributed by atoms with Crippen molar-refractivity contribution in [2.24, 2.45) is 0 Å². The lowest BCUT2D eigenvalue weighted by molar-refractivity contribution is 0.384. The molecule has 4 aromatic rings. The van der Waals surface area contributed by atoms with E-state index in [1.165, 1.54) is 6.07 Å². The highest BCUT2D eigenvalue weighted by molar-refractivity contribution is 6.07. The van der Waals surface area contributed by atoms with Gasteiger partial charge in [0.1, 0.15) is 5.75 Å². The Bertz CT molecular complexity index is 1250. The Morgan fingerprint density at radius 3 is 2.79 bits per heavy atom. The molecule has 2 aromatic carbocycles. The van der Waals surface area contributed by atoms with Crippen LogP contribution in [0.3, 0.4) is 0 Å². The quantitative estimate of drug-likeness (QED) is 0.545. The van der Waals surface area contributed by atoms with E-state index in [4.69, 9.17) is 5.26 Å². The first kappa shape index (κ1) is 17.7. The number of para-hydroxylation sites is 1. The summed E-state index contributed by atoms with van der Waals surface area (Å²) in [4.78, 5) is 0. The minimum absolute atomic E-state index is 0.0513. The predicted molar refractivity (Wildman–Crippen MR) is 113 cm³/mol. The van der Waals surface area contributed by atoms with Gasteiger partial charge in [0.05, 0.1) is 22.8 Å². The Morgan fingerprint density at radius 1 is 1.17 bits per heavy atom. The van der Waals surface area contributed by atoms with Crippen molar-refractivity contribution in [3.05, 3.63) is 53.6 Å². The zero-order valence-electron chi connectivity index (χ0n) is 16.2. The number of piperidine rings is 1. The van der Waals surface area contributed by atoms with Gasteiger partial charge in [0, 0.05) is 28.9 Å². The fraction of sp³-hybridized carbons (Fsp3) is 0.261. The second-order valence-corrected chi connectivity index (χ2v) is 7.65. The molecule has 1 aliphatic heterocycles. The summed E-state index contributed by atoms with van der Waals surface area (Å²) in [5.74, 6) is 0.0513. The summed E-state index contributed by atoms with van der Waals surface area (Å²) in [6.07, 6.45) is 2.25. The first-order valence-electron chi connectivity index (χ1n) is 9.88. The van der Waals surface area contributed by atoms with Gasteiger partial charge in [0.15, 0.2) is 5.65 Å². The lowest BCUT2D eigenvalue weighted by Crippen LogP contribution is -2.31. The smallest absolute Gasteiger partial charge is 0.164 e. The summed E-state index contributed by atoms with van der Waals surface area (Å²) in [6, 6.07) is 16.0. The molecule has 2 N–H and O–H groups in total. The van der Waals surface area contributed by atoms with Crippen molar-refractivity contribution in [3.63, 3.8) is 0 Å². The van der Waals surface area contributed by atoms with Gasteiger partial charge in [-0.15, -0.1) is 10.2 Å². The van der Waals surface area contributed by atoms with Crippen LogP contribution in [-0.4, -0.2) is 33.0 Å². The van der Waals surface area contributed by atoms with Crippen LogP contribution in [0.25, 0.3) is 33.2 Å². The highest BCUT2D eigenvalue weighted by Gasteiger charge is 2.22. The van der Waals surface area contributed by atoms with E-state index in [2.05, 4.69) is 44.3 Å². The van der Waals surface area contributed by atoms with E-state index in [9.17, 15) is 5.11 Å². The number of phenols is 1. The van der Waals surface area contributed by atoms with Crippen molar-refractivity contribution in [2.45, 2.75) is 25.8 Å². The van der Waals surface area contributed by atoms with Gasteiger partial charge < -0.3 is 15.0 Å². The van der Waals surface area contributed by atoms with Crippen molar-refractivity contribution >= 4 is 21.9 Å². The first-order valence-corrected chi connectivity index (χ1v) is 9.88. The normalized spacial score (nSPS) is 16.9. The van der Waals surface area contributed by atoms with Gasteiger partial charge in [-0.05, 0) is 56.1 Å². The maximum atomic E-state index is 10.5. The molecule has 29 heavy (non-hydrogen) atoms. The SMILES string of the molecule is Cc1cc(C#N)cc(O)c1-c1cc2c3ccccc3n(C3CCCNC3)c2nn1. The fourth-order valence-corrected chi connectivity index (χ4v) is 4.50. The van der Waals surface area contributed by atoms with Crippen LogP contribution in [0.15, 0.2) is 42.5 Å². The van der Waals surface area contributed by atoms with Crippen LogP contribution >= 0.6 is 0 Å². The maximum absolute atomic E-state index is 10.5. The molecule has 0 amide bonds. The van der Waals surface area contributed by atoms with Gasteiger partial charge in [0.25, 0.3) is 0 Å². The molecule has 1 unspecified atom stereocenters. The number of benzene rings is 2. The van der Waals surface area contributed by atoms with Crippen molar-refractivity contribution in [1.82, 2.24) is 20.1 Å². The number of aryl methyl sites for hydroxylation is 1. The molecule has 0 bridgehead atoms. The number of fused-ring (bicyclic) bond motifs is 3. The lowest BCUT2D eigenvalue weighted by atomic mass is 10.0. The topological polar surface area (TPSA) is 86.8 Å². The molecule has 6 nitrogen and oxygen atoms in total. The largest absolute Gasteiger partial charge is 0.507 e. The molecule has 1 aliphatic rings. The van der Waals surface area contributed by atoms with E-state index >= 15 is 0 Å². The number of nitriles is 1. The predicted octanol–water partition coefficient (Wildman–Crippen LogP) is 4.06. The molecule has 1 saturated heterocycles. The molecule has 5 rings (SSSR count). The highest BCUT2D eigenvalue weighted by atomic mass is 16.3. The standard InChI is InChI=1S/C23H21N5O/c1-14-9-15(12-24)10-21(29)22(14)19-11-18-17-6-2-3-7-20(17)28(23(18)27-26-19)16-5-4-8-25-13-16/h2-3,6-7,9-11,16,25,29H,4-5,8,13H2,1H3. The summed E-state index contributed by atoms with van der Waals surface area (Å²) in [5, 5.41) is 34.4. The first-order chi connectivity index (χ1) is 14.2. The molecule has 1 fully saturated rings. The van der Waals surface area contributed by atoms with E-state index in [0.29, 0.717) is 22.9 Å². The molecule has 3 heterocycles. The number of hydrogen-bond donors (Lipinski definition) is 2. The third-order valence-corrected chi connectivity index (χ3v) is 5.79. The van der Waals surface area contributed by atoms with Crippen molar-refractivity contribution < 1.29 is 5.11 Å². The maximum Gasteiger partial charge on any atom is 0.164 e. The zero-order chi connectivity index (χ0) is 20.0.